The summed E-state index contributed by atoms with van der Waals surface area (Å²) < 4.78 is 29.6. The molecule has 34 heavy (non-hydrogen) atoms. The maximum absolute atomic E-state index is 13.4. The first-order chi connectivity index (χ1) is 16.4. The second kappa shape index (κ2) is 8.22. The lowest BCUT2D eigenvalue weighted by Gasteiger charge is -2.26. The van der Waals surface area contributed by atoms with Gasteiger partial charge in [-0.05, 0) is 35.9 Å². The highest BCUT2D eigenvalue weighted by Crippen LogP contribution is 2.43. The van der Waals surface area contributed by atoms with Gasteiger partial charge in [-0.2, -0.15) is 5.26 Å². The van der Waals surface area contributed by atoms with E-state index < -0.39 is 23.3 Å². The summed E-state index contributed by atoms with van der Waals surface area (Å²) in [4.78, 5) is 25.0. The number of halogens is 1. The molecule has 2 heterocycles. The Morgan fingerprint density at radius 1 is 1.06 bits per heavy atom. The molecule has 2 N–H and O–H groups in total. The van der Waals surface area contributed by atoms with Gasteiger partial charge < -0.3 is 19.6 Å². The summed E-state index contributed by atoms with van der Waals surface area (Å²) >= 11 is 0. The van der Waals surface area contributed by atoms with Gasteiger partial charge in [0.2, 0.25) is 5.88 Å². The zero-order valence-electron chi connectivity index (χ0n) is 17.4. The van der Waals surface area contributed by atoms with Crippen molar-refractivity contribution in [1.82, 2.24) is 0 Å². The molecular formula is C26H15FN2O5. The molecule has 4 aromatic rings. The molecule has 1 aromatic heterocycles. The summed E-state index contributed by atoms with van der Waals surface area (Å²) in [7, 11) is 0. The molecule has 1 atom stereocenters. The van der Waals surface area contributed by atoms with Gasteiger partial charge in [0, 0.05) is 17.0 Å². The maximum Gasteiger partial charge on any atom is 0.351 e. The molecule has 0 aliphatic carbocycles. The molecule has 1 aliphatic rings. The highest BCUT2D eigenvalue weighted by Gasteiger charge is 2.31. The summed E-state index contributed by atoms with van der Waals surface area (Å²) in [6.07, 6.45) is 0. The highest BCUT2D eigenvalue weighted by molar-refractivity contribution is 5.94. The van der Waals surface area contributed by atoms with E-state index in [4.69, 9.17) is 19.6 Å². The Morgan fingerprint density at radius 2 is 1.82 bits per heavy atom. The van der Waals surface area contributed by atoms with E-state index in [0.29, 0.717) is 22.1 Å². The number of para-hydroxylation sites is 1. The minimum absolute atomic E-state index is 0.0994. The molecule has 0 spiro atoms. The van der Waals surface area contributed by atoms with Crippen LogP contribution in [0.5, 0.6) is 11.5 Å². The van der Waals surface area contributed by atoms with Gasteiger partial charge in [0.15, 0.2) is 0 Å². The second-order valence-corrected chi connectivity index (χ2v) is 7.55. The van der Waals surface area contributed by atoms with Gasteiger partial charge >= 0.3 is 11.6 Å². The van der Waals surface area contributed by atoms with Crippen LogP contribution < -0.4 is 20.8 Å². The first-order valence-electron chi connectivity index (χ1n) is 10.2. The molecule has 166 valence electrons. The SMILES string of the molecule is N#CC1=C(N)Oc2cc(OC(=O)c3cc4ccccc4oc3=O)ccc2C1c1ccc(F)cc1. The maximum atomic E-state index is 13.4. The molecular weight excluding hydrogens is 439 g/mol. The van der Waals surface area contributed by atoms with Crippen LogP contribution in [0.1, 0.15) is 27.4 Å². The summed E-state index contributed by atoms with van der Waals surface area (Å²) in [6.45, 7) is 0. The van der Waals surface area contributed by atoms with Gasteiger partial charge in [0.1, 0.15) is 40.1 Å². The van der Waals surface area contributed by atoms with Gasteiger partial charge in [-0.3, -0.25) is 0 Å². The van der Waals surface area contributed by atoms with Crippen LogP contribution >= 0.6 is 0 Å². The average Bonchev–Trinajstić information content (AvgIpc) is 2.83. The average molecular weight is 454 g/mol. The molecule has 0 radical (unpaired) electrons. The van der Waals surface area contributed by atoms with Crippen LogP contribution in [0, 0.1) is 17.1 Å². The Balaban J connectivity index is 1.49. The first-order valence-corrected chi connectivity index (χ1v) is 10.2. The van der Waals surface area contributed by atoms with Crippen LogP contribution in [-0.2, 0) is 0 Å². The molecule has 0 fully saturated rings. The van der Waals surface area contributed by atoms with Crippen molar-refractivity contribution in [2.45, 2.75) is 5.92 Å². The topological polar surface area (TPSA) is 116 Å². The fourth-order valence-electron chi connectivity index (χ4n) is 3.86. The standard InChI is InChI=1S/C26H15FN2O5/c27-16-7-5-14(6-8-16)23-18-10-9-17(12-22(18)33-24(29)20(23)13-28)32-25(30)19-11-15-3-1-2-4-21(15)34-26(19)31/h1-12,23H,29H2. The van der Waals surface area contributed by atoms with Crippen LogP contribution in [0.4, 0.5) is 4.39 Å². The Morgan fingerprint density at radius 3 is 2.59 bits per heavy atom. The van der Waals surface area contributed by atoms with Crippen molar-refractivity contribution in [3.05, 3.63) is 117 Å². The van der Waals surface area contributed by atoms with Crippen molar-refractivity contribution in [3.8, 4) is 17.6 Å². The summed E-state index contributed by atoms with van der Waals surface area (Å²) in [6, 6.07) is 20.5. The number of esters is 1. The number of fused-ring (bicyclic) bond motifs is 2. The number of allylic oxidation sites excluding steroid dienone is 1. The Labute approximate surface area is 192 Å². The minimum Gasteiger partial charge on any atom is -0.440 e. The zero-order chi connectivity index (χ0) is 23.8. The lowest BCUT2D eigenvalue weighted by molar-refractivity contribution is 0.0730. The van der Waals surface area contributed by atoms with Crippen molar-refractivity contribution < 1.29 is 23.1 Å². The van der Waals surface area contributed by atoms with Crippen molar-refractivity contribution >= 4 is 16.9 Å². The van der Waals surface area contributed by atoms with E-state index in [2.05, 4.69) is 6.07 Å². The van der Waals surface area contributed by atoms with Crippen molar-refractivity contribution in [2.75, 3.05) is 0 Å². The number of nitrogens with zero attached hydrogens (tertiary/aromatic N) is 1. The Hall–Kier alpha value is -4.90. The van der Waals surface area contributed by atoms with E-state index in [-0.39, 0.29) is 28.5 Å². The predicted molar refractivity (Wildman–Crippen MR) is 120 cm³/mol. The molecule has 5 rings (SSSR count). The van der Waals surface area contributed by atoms with Crippen molar-refractivity contribution in [3.63, 3.8) is 0 Å². The van der Waals surface area contributed by atoms with Crippen molar-refractivity contribution in [1.29, 1.82) is 5.26 Å². The predicted octanol–water partition coefficient (Wildman–Crippen LogP) is 4.37. The monoisotopic (exact) mass is 454 g/mol. The smallest absolute Gasteiger partial charge is 0.351 e. The van der Waals surface area contributed by atoms with Crippen molar-refractivity contribution in [2.24, 2.45) is 5.73 Å². The zero-order valence-corrected chi connectivity index (χ0v) is 17.4. The highest BCUT2D eigenvalue weighted by atomic mass is 19.1. The van der Waals surface area contributed by atoms with E-state index in [1.807, 2.05) is 0 Å². The summed E-state index contributed by atoms with van der Waals surface area (Å²) in [5.41, 5.74) is 6.66. The third kappa shape index (κ3) is 3.65. The minimum atomic E-state index is -0.897. The molecule has 0 saturated heterocycles. The molecule has 0 bridgehead atoms. The van der Waals surface area contributed by atoms with Crippen LogP contribution in [-0.4, -0.2) is 5.97 Å². The lowest BCUT2D eigenvalue weighted by atomic mass is 9.83. The van der Waals surface area contributed by atoms with E-state index >= 15 is 0 Å². The molecule has 7 nitrogen and oxygen atoms in total. The number of hydrogen-bond donors (Lipinski definition) is 1. The summed E-state index contributed by atoms with van der Waals surface area (Å²) in [5, 5.41) is 10.2. The molecule has 1 aliphatic heterocycles. The molecule has 3 aromatic carbocycles. The van der Waals surface area contributed by atoms with Crippen LogP contribution in [0.25, 0.3) is 11.0 Å². The number of nitriles is 1. The van der Waals surface area contributed by atoms with Gasteiger partial charge in [0.25, 0.3) is 0 Å². The van der Waals surface area contributed by atoms with Crippen LogP contribution in [0.2, 0.25) is 0 Å². The number of ether oxygens (including phenoxy) is 2. The fourth-order valence-corrected chi connectivity index (χ4v) is 3.86. The van der Waals surface area contributed by atoms with E-state index in [1.54, 1.807) is 42.5 Å². The van der Waals surface area contributed by atoms with Gasteiger partial charge in [-0.15, -0.1) is 0 Å². The third-order valence-corrected chi connectivity index (χ3v) is 5.47. The number of hydrogen-bond acceptors (Lipinski definition) is 7. The molecule has 8 heteroatoms. The number of benzene rings is 3. The fraction of sp³-hybridized carbons (Fsp3) is 0.0385. The Kier molecular flexibility index (Phi) is 5.07. The first kappa shape index (κ1) is 21.0. The largest absolute Gasteiger partial charge is 0.440 e. The number of carbonyl (C=O) groups excluding carboxylic acids is 1. The van der Waals surface area contributed by atoms with Crippen LogP contribution in [0.3, 0.4) is 0 Å². The Bertz CT molecular complexity index is 1580. The van der Waals surface area contributed by atoms with Gasteiger partial charge in [-0.25, -0.2) is 14.0 Å². The van der Waals surface area contributed by atoms with Gasteiger partial charge in [-0.1, -0.05) is 36.4 Å². The number of nitrogens with two attached hydrogens (primary N) is 1. The molecule has 1 unspecified atom stereocenters. The van der Waals surface area contributed by atoms with Crippen LogP contribution in [0.15, 0.2) is 93.5 Å². The van der Waals surface area contributed by atoms with E-state index in [0.717, 1.165) is 0 Å². The van der Waals surface area contributed by atoms with E-state index in [9.17, 15) is 19.2 Å². The van der Waals surface area contributed by atoms with E-state index in [1.165, 1.54) is 30.3 Å². The quantitative estimate of drug-likeness (QED) is 0.278. The lowest BCUT2D eigenvalue weighted by Crippen LogP contribution is -2.21. The molecule has 0 amide bonds. The summed E-state index contributed by atoms with van der Waals surface area (Å²) in [5.74, 6) is -1.64. The van der Waals surface area contributed by atoms with Gasteiger partial charge in [0.05, 0.1) is 5.92 Å². The number of rotatable bonds is 3. The normalized spacial score (nSPS) is 14.8. The number of carbonyl (C=O) groups is 1. The third-order valence-electron chi connectivity index (χ3n) is 5.47. The molecule has 0 saturated carbocycles. The second-order valence-electron chi connectivity index (χ2n) is 7.55.